The van der Waals surface area contributed by atoms with Crippen LogP contribution in [0.3, 0.4) is 0 Å². The third-order valence-electron chi connectivity index (χ3n) is 7.90. The summed E-state index contributed by atoms with van der Waals surface area (Å²) in [5.41, 5.74) is 6.48. The number of carbonyl (C=O) groups excluding carboxylic acids is 2. The number of likely N-dealkylation sites (tertiary alicyclic amines) is 3. The number of carbonyl (C=O) groups is 2. The van der Waals surface area contributed by atoms with Gasteiger partial charge in [-0.15, -0.1) is 0 Å². The Kier molecular flexibility index (Phi) is 5.41. The van der Waals surface area contributed by atoms with E-state index in [1.54, 1.807) is 29.7 Å². The molecule has 1 saturated carbocycles. The van der Waals surface area contributed by atoms with Crippen molar-refractivity contribution in [1.82, 2.24) is 14.7 Å². The minimum Gasteiger partial charge on any atom is -0.330 e. The molecule has 2 N–H and O–H groups in total. The Bertz CT molecular complexity index is 1070. The number of rotatable bonds is 5. The first kappa shape index (κ1) is 23.1. The van der Waals surface area contributed by atoms with Crippen LogP contribution in [0.25, 0.3) is 0 Å². The second-order valence-electron chi connectivity index (χ2n) is 10.2. The Morgan fingerprint density at radius 3 is 2.65 bits per heavy atom. The zero-order valence-corrected chi connectivity index (χ0v) is 19.1. The van der Waals surface area contributed by atoms with Crippen LogP contribution >= 0.6 is 0 Å². The van der Waals surface area contributed by atoms with Gasteiger partial charge in [-0.3, -0.25) is 14.5 Å². The third-order valence-corrected chi connectivity index (χ3v) is 7.90. The lowest BCUT2D eigenvalue weighted by atomic mass is 9.99. The highest BCUT2D eigenvalue weighted by atomic mass is 19.4. The molecule has 2 bridgehead atoms. The molecule has 3 heterocycles. The van der Waals surface area contributed by atoms with Gasteiger partial charge in [0, 0.05) is 25.2 Å². The fourth-order valence-corrected chi connectivity index (χ4v) is 6.19. The molecule has 0 spiro atoms. The van der Waals surface area contributed by atoms with Crippen LogP contribution in [-0.4, -0.2) is 69.8 Å². The summed E-state index contributed by atoms with van der Waals surface area (Å²) >= 11 is 0. The van der Waals surface area contributed by atoms with Crippen molar-refractivity contribution in [1.29, 1.82) is 5.26 Å². The molecule has 1 aromatic rings. The second-order valence-corrected chi connectivity index (χ2v) is 10.2. The lowest BCUT2D eigenvalue weighted by Gasteiger charge is -2.39. The summed E-state index contributed by atoms with van der Waals surface area (Å²) in [6, 6.07) is 3.92. The smallest absolute Gasteiger partial charge is 0.330 e. The number of nitriles is 1. The number of piperazine rings is 1. The molecule has 4 aliphatic rings. The van der Waals surface area contributed by atoms with Crippen LogP contribution in [-0.2, 0) is 15.8 Å². The number of piperidine rings is 1. The van der Waals surface area contributed by atoms with E-state index in [1.165, 1.54) is 0 Å². The zero-order chi connectivity index (χ0) is 24.5. The van der Waals surface area contributed by atoms with Crippen LogP contribution < -0.4 is 5.73 Å². The first-order valence-corrected chi connectivity index (χ1v) is 11.7. The number of fused-ring (bicyclic) bond motifs is 3. The van der Waals surface area contributed by atoms with Crippen molar-refractivity contribution in [3.63, 3.8) is 0 Å². The topological polar surface area (TPSA) is 93.7 Å². The highest BCUT2D eigenvalue weighted by molar-refractivity contribution is 5.87. The molecule has 5 rings (SSSR count). The van der Waals surface area contributed by atoms with E-state index in [4.69, 9.17) is 5.73 Å². The molecular formula is C24H28F3N5O2. The van der Waals surface area contributed by atoms with Crippen LogP contribution in [0.15, 0.2) is 18.2 Å². The van der Waals surface area contributed by atoms with Gasteiger partial charge in [-0.1, -0.05) is 11.6 Å². The maximum absolute atomic E-state index is 13.3. The normalized spacial score (nSPS) is 32.0. The molecule has 4 fully saturated rings. The molecule has 34 heavy (non-hydrogen) atoms. The lowest BCUT2D eigenvalue weighted by Crippen LogP contribution is -2.57. The number of hydrogen-bond donors (Lipinski definition) is 1. The average Bonchev–Trinajstić information content (AvgIpc) is 3.11. The fraction of sp³-hybridized carbons (Fsp3) is 0.625. The Labute approximate surface area is 196 Å². The summed E-state index contributed by atoms with van der Waals surface area (Å²) in [5.74, 6) is 0.0212. The first-order chi connectivity index (χ1) is 16.0. The highest BCUT2D eigenvalue weighted by Crippen LogP contribution is 2.48. The van der Waals surface area contributed by atoms with E-state index in [1.807, 2.05) is 4.90 Å². The fourth-order valence-electron chi connectivity index (χ4n) is 6.19. The molecule has 0 aromatic heterocycles. The van der Waals surface area contributed by atoms with Gasteiger partial charge in [0.25, 0.3) is 0 Å². The van der Waals surface area contributed by atoms with Gasteiger partial charge in [0.15, 0.2) is 0 Å². The number of nitrogens with zero attached hydrogens (tertiary/aromatic N) is 4. The second kappa shape index (κ2) is 7.95. The Hall–Kier alpha value is -2.64. The molecule has 2 unspecified atom stereocenters. The van der Waals surface area contributed by atoms with Gasteiger partial charge in [-0.2, -0.15) is 18.4 Å². The largest absolute Gasteiger partial charge is 0.416 e. The number of benzene rings is 1. The molecule has 2 amide bonds. The van der Waals surface area contributed by atoms with E-state index in [0.29, 0.717) is 36.4 Å². The van der Waals surface area contributed by atoms with Crippen molar-refractivity contribution < 1.29 is 22.8 Å². The van der Waals surface area contributed by atoms with Crippen LogP contribution in [0.2, 0.25) is 0 Å². The van der Waals surface area contributed by atoms with Crippen molar-refractivity contribution >= 4 is 11.8 Å². The van der Waals surface area contributed by atoms with Crippen LogP contribution in [0.5, 0.6) is 0 Å². The van der Waals surface area contributed by atoms with Crippen molar-refractivity contribution in [2.24, 2.45) is 11.7 Å². The van der Waals surface area contributed by atoms with Crippen molar-refractivity contribution in [3.8, 4) is 6.07 Å². The van der Waals surface area contributed by atoms with Gasteiger partial charge in [0.2, 0.25) is 11.8 Å². The third kappa shape index (κ3) is 3.75. The molecule has 182 valence electrons. The Balaban J connectivity index is 1.26. The van der Waals surface area contributed by atoms with Gasteiger partial charge in [-0.05, 0) is 56.7 Å². The minimum atomic E-state index is -4.45. The van der Waals surface area contributed by atoms with E-state index in [9.17, 15) is 28.0 Å². The number of hydrogen-bond acceptors (Lipinski definition) is 5. The van der Waals surface area contributed by atoms with Gasteiger partial charge in [0.05, 0.1) is 29.8 Å². The summed E-state index contributed by atoms with van der Waals surface area (Å²) in [4.78, 5) is 31.4. The average molecular weight is 476 g/mol. The maximum Gasteiger partial charge on any atom is 0.416 e. The maximum atomic E-state index is 13.3. The first-order valence-electron chi connectivity index (χ1n) is 11.7. The molecular weight excluding hydrogens is 447 g/mol. The quantitative estimate of drug-likeness (QED) is 0.705. The number of halogens is 3. The number of alkyl halides is 3. The predicted octanol–water partition coefficient (Wildman–Crippen LogP) is 2.20. The number of aryl methyl sites for hydroxylation is 1. The summed E-state index contributed by atoms with van der Waals surface area (Å²) in [5, 5.41) is 9.36. The van der Waals surface area contributed by atoms with Crippen LogP contribution in [0.4, 0.5) is 13.2 Å². The number of nitrogens with two attached hydrogens (primary N) is 1. The van der Waals surface area contributed by atoms with Gasteiger partial charge >= 0.3 is 6.18 Å². The summed E-state index contributed by atoms with van der Waals surface area (Å²) in [7, 11) is 0. The van der Waals surface area contributed by atoms with Crippen molar-refractivity contribution in [2.45, 2.75) is 75.5 Å². The molecule has 10 heteroatoms. The minimum absolute atomic E-state index is 0.118. The summed E-state index contributed by atoms with van der Waals surface area (Å²) in [6.45, 7) is 4.12. The summed E-state index contributed by atoms with van der Waals surface area (Å²) < 4.78 is 39.9. The molecule has 7 nitrogen and oxygen atoms in total. The van der Waals surface area contributed by atoms with Crippen molar-refractivity contribution in [3.05, 3.63) is 34.9 Å². The van der Waals surface area contributed by atoms with Gasteiger partial charge in [0.1, 0.15) is 6.04 Å². The predicted molar refractivity (Wildman–Crippen MR) is 116 cm³/mol. The number of amides is 2. The van der Waals surface area contributed by atoms with E-state index < -0.39 is 35.9 Å². The zero-order valence-electron chi connectivity index (χ0n) is 19.1. The van der Waals surface area contributed by atoms with E-state index in [0.717, 1.165) is 18.6 Å². The monoisotopic (exact) mass is 475 g/mol. The molecule has 3 aliphatic heterocycles. The summed E-state index contributed by atoms with van der Waals surface area (Å²) in [6.07, 6.45) is -2.26. The van der Waals surface area contributed by atoms with E-state index in [-0.39, 0.29) is 30.4 Å². The lowest BCUT2D eigenvalue weighted by molar-refractivity contribution is -0.141. The van der Waals surface area contributed by atoms with Gasteiger partial charge in [-0.25, -0.2) is 0 Å². The molecule has 7 atom stereocenters. The van der Waals surface area contributed by atoms with Crippen LogP contribution in [0, 0.1) is 24.2 Å². The van der Waals surface area contributed by atoms with E-state index >= 15 is 0 Å². The van der Waals surface area contributed by atoms with E-state index in [2.05, 4.69) is 6.07 Å². The molecule has 1 aromatic carbocycles. The standard InChI is InChI=1S/C24H28F3N5O2/c1-12-3-14(5-16(4-12)24(25,26)27)13(2)31-18-8-21(23(31)34)30(10-18)11-19(29)22(33)32-17(9-28)6-15-7-20(15)32/h3-5,13,15,17-21H,6-8,10-11,29H2,1-2H3/t13-,15?,17+,18?,19+,20+,21+/m1/s1. The van der Waals surface area contributed by atoms with Gasteiger partial charge < -0.3 is 15.5 Å². The molecule has 1 aliphatic carbocycles. The Morgan fingerprint density at radius 2 is 2.00 bits per heavy atom. The SMILES string of the molecule is Cc1cc([C@@H](C)N2C(=O)[C@@H]3CC2CN3C[C@H](N)C(=O)N2[C@H](C#N)CC3C[C@@H]32)cc(C(F)(F)F)c1. The Morgan fingerprint density at radius 1 is 1.26 bits per heavy atom. The highest BCUT2D eigenvalue weighted by Gasteiger charge is 2.56. The van der Waals surface area contributed by atoms with Crippen molar-refractivity contribution in [2.75, 3.05) is 13.1 Å². The van der Waals surface area contributed by atoms with Crippen LogP contribution in [0.1, 0.15) is 48.9 Å². The molecule has 3 saturated heterocycles. The molecule has 0 radical (unpaired) electrons.